The molecule has 2 bridgehead atoms. The fraction of sp³-hybridized carbons (Fsp3) is 0.538. The predicted molar refractivity (Wildman–Crippen MR) is 66.7 cm³/mol. The average molecular weight is 237 g/mol. The molecule has 3 heteroatoms. The van der Waals surface area contributed by atoms with E-state index >= 15 is 0 Å². The molecular weight excluding hydrogens is 220 g/mol. The van der Waals surface area contributed by atoms with Crippen molar-refractivity contribution in [3.05, 3.63) is 34.9 Å². The zero-order chi connectivity index (χ0) is 11.2. The van der Waals surface area contributed by atoms with Crippen molar-refractivity contribution in [1.82, 2.24) is 5.32 Å². The molecule has 0 radical (unpaired) electrons. The van der Waals surface area contributed by atoms with Crippen molar-refractivity contribution >= 4 is 11.6 Å². The van der Waals surface area contributed by atoms with Gasteiger partial charge in [-0.1, -0.05) is 23.7 Å². The summed E-state index contributed by atoms with van der Waals surface area (Å²) >= 11 is 6.08. The van der Waals surface area contributed by atoms with Crippen LogP contribution in [0.5, 0.6) is 0 Å². The molecule has 3 N–H and O–H groups in total. The van der Waals surface area contributed by atoms with Crippen LogP contribution in [0, 0.1) is 0 Å². The van der Waals surface area contributed by atoms with Crippen molar-refractivity contribution in [1.29, 1.82) is 0 Å². The Morgan fingerprint density at radius 3 is 2.88 bits per heavy atom. The number of nitrogens with one attached hydrogen (secondary N) is 1. The second kappa shape index (κ2) is 3.73. The van der Waals surface area contributed by atoms with Gasteiger partial charge in [-0.3, -0.25) is 0 Å². The third-order valence-electron chi connectivity index (χ3n) is 4.28. The van der Waals surface area contributed by atoms with Gasteiger partial charge in [0.15, 0.2) is 0 Å². The normalized spacial score (nSPS) is 36.9. The van der Waals surface area contributed by atoms with Gasteiger partial charge in [0.2, 0.25) is 0 Å². The number of nitrogens with two attached hydrogens (primary N) is 1. The lowest BCUT2D eigenvalue weighted by Crippen LogP contribution is -2.45. The van der Waals surface area contributed by atoms with Crippen molar-refractivity contribution in [3.63, 3.8) is 0 Å². The van der Waals surface area contributed by atoms with Gasteiger partial charge >= 0.3 is 0 Å². The lowest BCUT2D eigenvalue weighted by molar-refractivity contribution is 0.340. The van der Waals surface area contributed by atoms with Crippen molar-refractivity contribution in [2.45, 2.75) is 36.8 Å². The molecule has 2 saturated heterocycles. The molecule has 16 heavy (non-hydrogen) atoms. The number of hydrogen-bond donors (Lipinski definition) is 2. The van der Waals surface area contributed by atoms with Crippen LogP contribution in [0.15, 0.2) is 24.3 Å². The van der Waals surface area contributed by atoms with E-state index in [1.54, 1.807) is 0 Å². The second-order valence-corrected chi connectivity index (χ2v) is 5.50. The topological polar surface area (TPSA) is 38.0 Å². The quantitative estimate of drug-likeness (QED) is 0.825. The Hall–Kier alpha value is -0.570. The lowest BCUT2D eigenvalue weighted by atomic mass is 9.69. The number of halogens is 1. The van der Waals surface area contributed by atoms with Gasteiger partial charge < -0.3 is 11.1 Å². The Labute approximate surface area is 101 Å². The summed E-state index contributed by atoms with van der Waals surface area (Å²) in [5, 5.41) is 4.48. The Bertz CT molecular complexity index is 407. The van der Waals surface area contributed by atoms with E-state index in [-0.39, 0.29) is 5.41 Å². The van der Waals surface area contributed by atoms with E-state index < -0.39 is 0 Å². The minimum absolute atomic E-state index is 0.119. The van der Waals surface area contributed by atoms with E-state index in [2.05, 4.69) is 17.4 Å². The van der Waals surface area contributed by atoms with Gasteiger partial charge in [-0.25, -0.2) is 0 Å². The van der Waals surface area contributed by atoms with Crippen LogP contribution in [0.2, 0.25) is 5.02 Å². The Morgan fingerprint density at radius 1 is 1.44 bits per heavy atom. The van der Waals surface area contributed by atoms with Crippen LogP contribution in [-0.4, -0.2) is 18.6 Å². The summed E-state index contributed by atoms with van der Waals surface area (Å²) in [6.45, 7) is 0.710. The maximum Gasteiger partial charge on any atom is 0.0408 e. The molecule has 2 heterocycles. The van der Waals surface area contributed by atoms with Crippen LogP contribution < -0.4 is 11.1 Å². The second-order valence-electron chi connectivity index (χ2n) is 5.07. The van der Waals surface area contributed by atoms with Crippen molar-refractivity contribution in [3.8, 4) is 0 Å². The van der Waals surface area contributed by atoms with Crippen molar-refractivity contribution in [2.75, 3.05) is 6.54 Å². The predicted octanol–water partition coefficient (Wildman–Crippen LogP) is 2.06. The van der Waals surface area contributed by atoms with Gasteiger partial charge in [0.1, 0.15) is 0 Å². The number of fused-ring (bicyclic) bond motifs is 2. The zero-order valence-electron chi connectivity index (χ0n) is 9.25. The van der Waals surface area contributed by atoms with Gasteiger partial charge in [-0.2, -0.15) is 0 Å². The molecule has 3 unspecified atom stereocenters. The van der Waals surface area contributed by atoms with E-state index in [1.165, 1.54) is 18.4 Å². The first kappa shape index (κ1) is 10.6. The summed E-state index contributed by atoms with van der Waals surface area (Å²) in [6.07, 6.45) is 3.70. The highest BCUT2D eigenvalue weighted by molar-refractivity contribution is 6.30. The Kier molecular flexibility index (Phi) is 2.46. The van der Waals surface area contributed by atoms with E-state index in [9.17, 15) is 0 Å². The largest absolute Gasteiger partial charge is 0.330 e. The monoisotopic (exact) mass is 236 g/mol. The zero-order valence-corrected chi connectivity index (χ0v) is 10.0. The van der Waals surface area contributed by atoms with Crippen LogP contribution >= 0.6 is 11.6 Å². The summed E-state index contributed by atoms with van der Waals surface area (Å²) in [5.74, 6) is 0. The molecule has 0 amide bonds. The third kappa shape index (κ3) is 1.41. The van der Waals surface area contributed by atoms with Gasteiger partial charge in [0, 0.05) is 29.1 Å². The van der Waals surface area contributed by atoms with Crippen molar-refractivity contribution in [2.24, 2.45) is 5.73 Å². The molecule has 2 aliphatic heterocycles. The molecule has 3 rings (SSSR count). The van der Waals surface area contributed by atoms with Gasteiger partial charge in [0.25, 0.3) is 0 Å². The summed E-state index contributed by atoms with van der Waals surface area (Å²) in [7, 11) is 0. The van der Waals surface area contributed by atoms with Crippen LogP contribution in [0.25, 0.3) is 0 Å². The fourth-order valence-electron chi connectivity index (χ4n) is 3.46. The Morgan fingerprint density at radius 2 is 2.31 bits per heavy atom. The SMILES string of the molecule is NCC1(c2cccc(Cl)c2)CC2CCC1N2. The van der Waals surface area contributed by atoms with E-state index in [0.717, 1.165) is 11.4 Å². The highest BCUT2D eigenvalue weighted by Crippen LogP contribution is 2.45. The van der Waals surface area contributed by atoms with Crippen LogP contribution in [0.4, 0.5) is 0 Å². The summed E-state index contributed by atoms with van der Waals surface area (Å²) < 4.78 is 0. The molecule has 1 aromatic rings. The van der Waals surface area contributed by atoms with Crippen LogP contribution in [0.1, 0.15) is 24.8 Å². The standard InChI is InChI=1S/C13H17ClN2/c14-10-3-1-2-9(6-10)13(8-15)7-11-4-5-12(13)16-11/h1-3,6,11-12,16H,4-5,7-8,15H2. The van der Waals surface area contributed by atoms with Gasteiger partial charge in [-0.05, 0) is 37.0 Å². The van der Waals surface area contributed by atoms with E-state index in [1.807, 2.05) is 12.1 Å². The minimum Gasteiger partial charge on any atom is -0.330 e. The first-order valence-corrected chi connectivity index (χ1v) is 6.34. The van der Waals surface area contributed by atoms with Gasteiger partial charge in [-0.15, -0.1) is 0 Å². The molecule has 0 saturated carbocycles. The van der Waals surface area contributed by atoms with E-state index in [4.69, 9.17) is 17.3 Å². The smallest absolute Gasteiger partial charge is 0.0408 e. The molecule has 1 aromatic carbocycles. The minimum atomic E-state index is 0.119. The molecule has 86 valence electrons. The molecule has 0 aromatic heterocycles. The van der Waals surface area contributed by atoms with Gasteiger partial charge in [0.05, 0.1) is 0 Å². The highest BCUT2D eigenvalue weighted by Gasteiger charge is 2.50. The Balaban J connectivity index is 2.02. The summed E-state index contributed by atoms with van der Waals surface area (Å²) in [4.78, 5) is 0. The maximum absolute atomic E-state index is 6.08. The maximum atomic E-state index is 6.08. The fourth-order valence-corrected chi connectivity index (χ4v) is 3.65. The molecule has 3 atom stereocenters. The van der Waals surface area contributed by atoms with Crippen LogP contribution in [0.3, 0.4) is 0 Å². The number of rotatable bonds is 2. The molecule has 0 spiro atoms. The summed E-state index contributed by atoms with van der Waals surface area (Å²) in [5.41, 5.74) is 7.48. The molecule has 0 aliphatic carbocycles. The average Bonchev–Trinajstić information content (AvgIpc) is 2.89. The number of hydrogen-bond acceptors (Lipinski definition) is 2. The number of benzene rings is 1. The van der Waals surface area contributed by atoms with Crippen LogP contribution in [-0.2, 0) is 5.41 Å². The first-order valence-electron chi connectivity index (χ1n) is 5.97. The molecule has 2 fully saturated rings. The lowest BCUT2D eigenvalue weighted by Gasteiger charge is -2.36. The van der Waals surface area contributed by atoms with E-state index in [0.29, 0.717) is 18.6 Å². The third-order valence-corrected chi connectivity index (χ3v) is 4.52. The highest BCUT2D eigenvalue weighted by atomic mass is 35.5. The summed E-state index contributed by atoms with van der Waals surface area (Å²) in [6, 6.07) is 9.41. The molecule has 2 nitrogen and oxygen atoms in total. The van der Waals surface area contributed by atoms with Crippen molar-refractivity contribution < 1.29 is 0 Å². The molecule has 2 aliphatic rings. The first-order chi connectivity index (χ1) is 7.74. The molecular formula is C13H17ClN2.